The molecule has 2 rings (SSSR count). The number of furan rings is 1. The number of hydrogen-bond acceptors (Lipinski definition) is 3. The fraction of sp³-hybridized carbons (Fsp3) is 0.222. The van der Waals surface area contributed by atoms with Crippen molar-refractivity contribution in [1.29, 1.82) is 0 Å². The van der Waals surface area contributed by atoms with Crippen LogP contribution in [0.5, 0.6) is 0 Å². The van der Waals surface area contributed by atoms with Crippen LogP contribution < -0.4 is 5.32 Å². The second-order valence-corrected chi connectivity index (χ2v) is 2.77. The first-order chi connectivity index (χ1) is 6.36. The summed E-state index contributed by atoms with van der Waals surface area (Å²) in [6.07, 6.45) is 3.42. The van der Waals surface area contributed by atoms with Crippen molar-refractivity contribution in [3.63, 3.8) is 0 Å². The number of nitrogens with one attached hydrogen (secondary N) is 1. The summed E-state index contributed by atoms with van der Waals surface area (Å²) in [7, 11) is 1.89. The predicted octanol–water partition coefficient (Wildman–Crippen LogP) is 1.63. The van der Waals surface area contributed by atoms with Gasteiger partial charge in [-0.3, -0.25) is 4.68 Å². The highest BCUT2D eigenvalue weighted by Crippen LogP contribution is 2.07. The van der Waals surface area contributed by atoms with Gasteiger partial charge in [0.2, 0.25) is 0 Å². The maximum absolute atomic E-state index is 5.18. The SMILES string of the molecule is Cn1nccc1NCc1ccco1. The normalized spacial score (nSPS) is 10.2. The van der Waals surface area contributed by atoms with Crippen LogP contribution in [0.4, 0.5) is 5.82 Å². The minimum atomic E-state index is 0.687. The number of aryl methyl sites for hydroxylation is 1. The maximum Gasteiger partial charge on any atom is 0.124 e. The van der Waals surface area contributed by atoms with Gasteiger partial charge >= 0.3 is 0 Å². The average Bonchev–Trinajstić information content (AvgIpc) is 2.72. The van der Waals surface area contributed by atoms with Crippen LogP contribution in [-0.2, 0) is 13.6 Å². The van der Waals surface area contributed by atoms with Gasteiger partial charge in [0, 0.05) is 13.1 Å². The molecule has 0 atom stereocenters. The Morgan fingerprint density at radius 2 is 2.46 bits per heavy atom. The van der Waals surface area contributed by atoms with Crippen LogP contribution in [0.1, 0.15) is 5.76 Å². The van der Waals surface area contributed by atoms with E-state index in [4.69, 9.17) is 4.42 Å². The molecule has 0 amide bonds. The fourth-order valence-corrected chi connectivity index (χ4v) is 1.14. The minimum absolute atomic E-state index is 0.687. The van der Waals surface area contributed by atoms with Crippen LogP contribution >= 0.6 is 0 Å². The van der Waals surface area contributed by atoms with Gasteiger partial charge in [0.1, 0.15) is 11.6 Å². The van der Waals surface area contributed by atoms with Crippen LogP contribution in [0.15, 0.2) is 35.1 Å². The Kier molecular flexibility index (Phi) is 2.04. The molecule has 2 heterocycles. The Labute approximate surface area is 76.2 Å². The van der Waals surface area contributed by atoms with Crippen molar-refractivity contribution in [2.45, 2.75) is 6.54 Å². The molecule has 0 saturated heterocycles. The zero-order valence-corrected chi connectivity index (χ0v) is 7.40. The van der Waals surface area contributed by atoms with Crippen molar-refractivity contribution < 1.29 is 4.42 Å². The molecule has 68 valence electrons. The molecular weight excluding hydrogens is 166 g/mol. The number of rotatable bonds is 3. The highest BCUT2D eigenvalue weighted by molar-refractivity contribution is 5.33. The molecule has 0 aliphatic carbocycles. The molecule has 1 N–H and O–H groups in total. The molecule has 0 aromatic carbocycles. The van der Waals surface area contributed by atoms with E-state index in [-0.39, 0.29) is 0 Å². The lowest BCUT2D eigenvalue weighted by atomic mass is 10.4. The molecule has 4 nitrogen and oxygen atoms in total. The molecule has 0 saturated carbocycles. The van der Waals surface area contributed by atoms with E-state index in [1.165, 1.54) is 0 Å². The second-order valence-electron chi connectivity index (χ2n) is 2.77. The molecule has 13 heavy (non-hydrogen) atoms. The number of aromatic nitrogens is 2. The van der Waals surface area contributed by atoms with Gasteiger partial charge in [0.05, 0.1) is 19.0 Å². The van der Waals surface area contributed by atoms with Gasteiger partial charge in [0.25, 0.3) is 0 Å². The first-order valence-electron chi connectivity index (χ1n) is 4.10. The van der Waals surface area contributed by atoms with Crippen LogP contribution in [0.3, 0.4) is 0 Å². The van der Waals surface area contributed by atoms with Crippen molar-refractivity contribution in [2.24, 2.45) is 7.05 Å². The lowest BCUT2D eigenvalue weighted by Crippen LogP contribution is -2.03. The zero-order chi connectivity index (χ0) is 9.10. The standard InChI is InChI=1S/C9H11N3O/c1-12-9(4-5-11-12)10-7-8-3-2-6-13-8/h2-6,10H,7H2,1H3. The summed E-state index contributed by atoms with van der Waals surface area (Å²) in [4.78, 5) is 0. The van der Waals surface area contributed by atoms with E-state index in [2.05, 4.69) is 10.4 Å². The molecule has 0 radical (unpaired) electrons. The van der Waals surface area contributed by atoms with Crippen LogP contribution in [0, 0.1) is 0 Å². The largest absolute Gasteiger partial charge is 0.467 e. The van der Waals surface area contributed by atoms with Crippen LogP contribution in [0.2, 0.25) is 0 Å². The number of hydrogen-bond donors (Lipinski definition) is 1. The lowest BCUT2D eigenvalue weighted by molar-refractivity contribution is 0.517. The topological polar surface area (TPSA) is 43.0 Å². The van der Waals surface area contributed by atoms with Crippen molar-refractivity contribution in [3.8, 4) is 0 Å². The summed E-state index contributed by atoms with van der Waals surface area (Å²) in [6, 6.07) is 5.73. The molecule has 0 bridgehead atoms. The quantitative estimate of drug-likeness (QED) is 0.774. The summed E-state index contributed by atoms with van der Waals surface area (Å²) in [5, 5.41) is 7.24. The van der Waals surface area contributed by atoms with Crippen LogP contribution in [-0.4, -0.2) is 9.78 Å². The summed E-state index contributed by atoms with van der Waals surface area (Å²) < 4.78 is 6.96. The molecule has 0 aliphatic heterocycles. The van der Waals surface area contributed by atoms with Crippen molar-refractivity contribution in [2.75, 3.05) is 5.32 Å². The fourth-order valence-electron chi connectivity index (χ4n) is 1.14. The smallest absolute Gasteiger partial charge is 0.124 e. The Morgan fingerprint density at radius 3 is 3.08 bits per heavy atom. The Bertz CT molecular complexity index is 364. The molecule has 0 aliphatic rings. The Hall–Kier alpha value is -1.71. The molecular formula is C9H11N3O. The van der Waals surface area contributed by atoms with Gasteiger partial charge in [-0.25, -0.2) is 0 Å². The monoisotopic (exact) mass is 177 g/mol. The van der Waals surface area contributed by atoms with Crippen LogP contribution in [0.25, 0.3) is 0 Å². The number of nitrogens with zero attached hydrogens (tertiary/aromatic N) is 2. The highest BCUT2D eigenvalue weighted by atomic mass is 16.3. The highest BCUT2D eigenvalue weighted by Gasteiger charge is 1.98. The lowest BCUT2D eigenvalue weighted by Gasteiger charge is -2.03. The van der Waals surface area contributed by atoms with E-state index in [9.17, 15) is 0 Å². The number of anilines is 1. The first kappa shape index (κ1) is 7.91. The first-order valence-corrected chi connectivity index (χ1v) is 4.10. The Balaban J connectivity index is 1.97. The van der Waals surface area contributed by atoms with E-state index in [1.54, 1.807) is 17.1 Å². The van der Waals surface area contributed by atoms with E-state index in [0.717, 1.165) is 11.6 Å². The van der Waals surface area contributed by atoms with Gasteiger partial charge < -0.3 is 9.73 Å². The van der Waals surface area contributed by atoms with E-state index >= 15 is 0 Å². The second kappa shape index (κ2) is 3.35. The van der Waals surface area contributed by atoms with Gasteiger partial charge in [-0.15, -0.1) is 0 Å². The predicted molar refractivity (Wildman–Crippen MR) is 49.2 cm³/mol. The van der Waals surface area contributed by atoms with E-state index < -0.39 is 0 Å². The third kappa shape index (κ3) is 1.72. The Morgan fingerprint density at radius 1 is 1.54 bits per heavy atom. The minimum Gasteiger partial charge on any atom is -0.467 e. The molecule has 0 fully saturated rings. The summed E-state index contributed by atoms with van der Waals surface area (Å²) in [6.45, 7) is 0.687. The summed E-state index contributed by atoms with van der Waals surface area (Å²) >= 11 is 0. The molecule has 2 aromatic heterocycles. The third-order valence-corrected chi connectivity index (χ3v) is 1.84. The average molecular weight is 177 g/mol. The molecule has 2 aromatic rings. The van der Waals surface area contributed by atoms with E-state index in [1.807, 2.05) is 25.2 Å². The summed E-state index contributed by atoms with van der Waals surface area (Å²) in [5.41, 5.74) is 0. The summed E-state index contributed by atoms with van der Waals surface area (Å²) in [5.74, 6) is 1.90. The molecule has 0 unspecified atom stereocenters. The maximum atomic E-state index is 5.18. The van der Waals surface area contributed by atoms with Gasteiger partial charge in [-0.05, 0) is 12.1 Å². The van der Waals surface area contributed by atoms with Crippen molar-refractivity contribution >= 4 is 5.82 Å². The van der Waals surface area contributed by atoms with Crippen molar-refractivity contribution in [1.82, 2.24) is 9.78 Å². The molecule has 0 spiro atoms. The van der Waals surface area contributed by atoms with Gasteiger partial charge in [-0.2, -0.15) is 5.10 Å². The van der Waals surface area contributed by atoms with Gasteiger partial charge in [-0.1, -0.05) is 0 Å². The van der Waals surface area contributed by atoms with E-state index in [0.29, 0.717) is 6.54 Å². The van der Waals surface area contributed by atoms with Gasteiger partial charge in [0.15, 0.2) is 0 Å². The zero-order valence-electron chi connectivity index (χ0n) is 7.40. The van der Waals surface area contributed by atoms with Crippen molar-refractivity contribution in [3.05, 3.63) is 36.4 Å². The third-order valence-electron chi connectivity index (χ3n) is 1.84. The molecule has 4 heteroatoms.